The van der Waals surface area contributed by atoms with E-state index in [9.17, 15) is 4.79 Å². The number of para-hydroxylation sites is 1. The topological polar surface area (TPSA) is 30.2 Å². The molecule has 0 aliphatic heterocycles. The van der Waals surface area contributed by atoms with Gasteiger partial charge in [0.1, 0.15) is 5.58 Å². The van der Waals surface area contributed by atoms with E-state index < -0.39 is 0 Å². The zero-order valence-corrected chi connectivity index (χ0v) is 7.41. The van der Waals surface area contributed by atoms with Gasteiger partial charge in [-0.1, -0.05) is 25.1 Å². The Morgan fingerprint density at radius 2 is 2.08 bits per heavy atom. The number of aryl methyl sites for hydroxylation is 1. The number of fused-ring (bicyclic) bond motifs is 1. The monoisotopic (exact) mass is 174 g/mol. The average Bonchev–Trinajstić information content (AvgIpc) is 2.16. The minimum atomic E-state index is -0.268. The van der Waals surface area contributed by atoms with Gasteiger partial charge in [-0.3, -0.25) is 0 Å². The van der Waals surface area contributed by atoms with Crippen LogP contribution in [0.25, 0.3) is 11.0 Å². The van der Waals surface area contributed by atoms with Crippen LogP contribution in [0.4, 0.5) is 0 Å². The van der Waals surface area contributed by atoms with E-state index in [4.69, 9.17) is 4.42 Å². The molecule has 0 bridgehead atoms. The van der Waals surface area contributed by atoms with E-state index in [2.05, 4.69) is 0 Å². The van der Waals surface area contributed by atoms with Crippen LogP contribution in [0.15, 0.2) is 39.5 Å². The van der Waals surface area contributed by atoms with E-state index in [1.165, 1.54) is 0 Å². The molecule has 0 fully saturated rings. The summed E-state index contributed by atoms with van der Waals surface area (Å²) >= 11 is 0. The molecule has 0 saturated heterocycles. The fourth-order valence-corrected chi connectivity index (χ4v) is 1.47. The quantitative estimate of drug-likeness (QED) is 0.621. The summed E-state index contributed by atoms with van der Waals surface area (Å²) in [6.07, 6.45) is 0.853. The highest BCUT2D eigenvalue weighted by atomic mass is 16.4. The SMILES string of the molecule is CCc1cc(=O)oc2ccccc12. The highest BCUT2D eigenvalue weighted by Crippen LogP contribution is 2.16. The van der Waals surface area contributed by atoms with Gasteiger partial charge in [-0.15, -0.1) is 0 Å². The number of hydrogen-bond acceptors (Lipinski definition) is 2. The molecule has 0 radical (unpaired) electrons. The van der Waals surface area contributed by atoms with E-state index in [1.807, 2.05) is 31.2 Å². The summed E-state index contributed by atoms with van der Waals surface area (Å²) in [5.41, 5.74) is 1.45. The first-order valence-electron chi connectivity index (χ1n) is 4.33. The van der Waals surface area contributed by atoms with Gasteiger partial charge in [0.25, 0.3) is 0 Å². The molecule has 1 heterocycles. The second kappa shape index (κ2) is 3.05. The van der Waals surface area contributed by atoms with Crippen molar-refractivity contribution in [1.82, 2.24) is 0 Å². The Labute approximate surface area is 75.8 Å². The van der Waals surface area contributed by atoms with Gasteiger partial charge in [0.05, 0.1) is 0 Å². The molecule has 0 saturated carbocycles. The lowest BCUT2D eigenvalue weighted by atomic mass is 10.1. The van der Waals surface area contributed by atoms with Crippen molar-refractivity contribution in [3.8, 4) is 0 Å². The Hall–Kier alpha value is -1.57. The van der Waals surface area contributed by atoms with Crippen molar-refractivity contribution in [3.63, 3.8) is 0 Å². The number of rotatable bonds is 1. The van der Waals surface area contributed by atoms with Crippen LogP contribution in [0, 0.1) is 0 Å². The van der Waals surface area contributed by atoms with Crippen LogP contribution in [0.1, 0.15) is 12.5 Å². The maximum atomic E-state index is 11.1. The van der Waals surface area contributed by atoms with E-state index in [0.29, 0.717) is 5.58 Å². The molecular weight excluding hydrogens is 164 g/mol. The Balaban J connectivity index is 2.89. The highest BCUT2D eigenvalue weighted by molar-refractivity contribution is 5.79. The lowest BCUT2D eigenvalue weighted by molar-refractivity contribution is 0.559. The molecule has 0 spiro atoms. The van der Waals surface area contributed by atoms with Gasteiger partial charge in [0, 0.05) is 11.5 Å². The highest BCUT2D eigenvalue weighted by Gasteiger charge is 2.01. The molecule has 1 aromatic carbocycles. The zero-order valence-electron chi connectivity index (χ0n) is 7.41. The summed E-state index contributed by atoms with van der Waals surface area (Å²) in [5, 5.41) is 1.03. The van der Waals surface area contributed by atoms with Crippen molar-refractivity contribution in [3.05, 3.63) is 46.3 Å². The van der Waals surface area contributed by atoms with Crippen molar-refractivity contribution >= 4 is 11.0 Å². The van der Waals surface area contributed by atoms with E-state index in [0.717, 1.165) is 17.4 Å². The molecule has 0 aliphatic carbocycles. The molecule has 0 atom stereocenters. The first kappa shape index (κ1) is 8.05. The molecule has 0 unspecified atom stereocenters. The first-order valence-corrected chi connectivity index (χ1v) is 4.33. The zero-order chi connectivity index (χ0) is 9.26. The van der Waals surface area contributed by atoms with Gasteiger partial charge in [0.15, 0.2) is 0 Å². The van der Waals surface area contributed by atoms with Crippen molar-refractivity contribution in [2.45, 2.75) is 13.3 Å². The Bertz CT molecular complexity index is 483. The van der Waals surface area contributed by atoms with Crippen molar-refractivity contribution in [2.75, 3.05) is 0 Å². The summed E-state index contributed by atoms with van der Waals surface area (Å²) in [4.78, 5) is 11.1. The summed E-state index contributed by atoms with van der Waals surface area (Å²) in [6, 6.07) is 9.15. The minimum absolute atomic E-state index is 0.268. The van der Waals surface area contributed by atoms with Crippen LogP contribution in [0.2, 0.25) is 0 Å². The largest absolute Gasteiger partial charge is 0.423 e. The third-order valence-electron chi connectivity index (χ3n) is 2.12. The summed E-state index contributed by atoms with van der Waals surface area (Å²) < 4.78 is 5.05. The summed E-state index contributed by atoms with van der Waals surface area (Å²) in [6.45, 7) is 2.03. The third kappa shape index (κ3) is 1.35. The van der Waals surface area contributed by atoms with Crippen molar-refractivity contribution in [2.24, 2.45) is 0 Å². The van der Waals surface area contributed by atoms with E-state index >= 15 is 0 Å². The van der Waals surface area contributed by atoms with Crippen LogP contribution in [0.3, 0.4) is 0 Å². The van der Waals surface area contributed by atoms with Crippen LogP contribution < -0.4 is 5.63 Å². The fourth-order valence-electron chi connectivity index (χ4n) is 1.47. The smallest absolute Gasteiger partial charge is 0.336 e. The normalized spacial score (nSPS) is 10.5. The van der Waals surface area contributed by atoms with Gasteiger partial charge in [-0.2, -0.15) is 0 Å². The molecule has 1 aromatic heterocycles. The molecule has 0 aliphatic rings. The Morgan fingerprint density at radius 3 is 2.85 bits per heavy atom. The van der Waals surface area contributed by atoms with Gasteiger partial charge in [-0.05, 0) is 18.1 Å². The lowest BCUT2D eigenvalue weighted by Gasteiger charge is -2.00. The second-order valence-electron chi connectivity index (χ2n) is 2.94. The molecule has 13 heavy (non-hydrogen) atoms. The first-order chi connectivity index (χ1) is 6.31. The maximum absolute atomic E-state index is 11.1. The summed E-state index contributed by atoms with van der Waals surface area (Å²) in [7, 11) is 0. The molecule has 2 rings (SSSR count). The fraction of sp³-hybridized carbons (Fsp3) is 0.182. The van der Waals surface area contributed by atoms with Crippen LogP contribution in [-0.2, 0) is 6.42 Å². The van der Waals surface area contributed by atoms with Gasteiger partial charge in [-0.25, -0.2) is 4.79 Å². The minimum Gasteiger partial charge on any atom is -0.423 e. The lowest BCUT2D eigenvalue weighted by Crippen LogP contribution is -1.99. The molecule has 0 amide bonds. The van der Waals surface area contributed by atoms with Crippen molar-refractivity contribution < 1.29 is 4.42 Å². The molecule has 0 N–H and O–H groups in total. The Kier molecular flexibility index (Phi) is 1.89. The van der Waals surface area contributed by atoms with E-state index in [-0.39, 0.29) is 5.63 Å². The predicted octanol–water partition coefficient (Wildman–Crippen LogP) is 2.36. The van der Waals surface area contributed by atoms with Crippen LogP contribution >= 0.6 is 0 Å². The average molecular weight is 174 g/mol. The second-order valence-corrected chi connectivity index (χ2v) is 2.94. The maximum Gasteiger partial charge on any atom is 0.336 e. The molecular formula is C11H10O2. The van der Waals surface area contributed by atoms with E-state index in [1.54, 1.807) is 6.07 Å². The summed E-state index contributed by atoms with van der Waals surface area (Å²) in [5.74, 6) is 0. The van der Waals surface area contributed by atoms with Gasteiger partial charge >= 0.3 is 5.63 Å². The Morgan fingerprint density at radius 1 is 1.31 bits per heavy atom. The predicted molar refractivity (Wildman–Crippen MR) is 51.9 cm³/mol. The third-order valence-corrected chi connectivity index (χ3v) is 2.12. The van der Waals surface area contributed by atoms with Crippen LogP contribution in [-0.4, -0.2) is 0 Å². The standard InChI is InChI=1S/C11H10O2/c1-2-8-7-11(12)13-10-6-4-3-5-9(8)10/h3-7H,2H2,1H3. The molecule has 66 valence electrons. The number of hydrogen-bond donors (Lipinski definition) is 0. The molecule has 2 nitrogen and oxygen atoms in total. The van der Waals surface area contributed by atoms with Crippen molar-refractivity contribution in [1.29, 1.82) is 0 Å². The molecule has 2 heteroatoms. The number of benzene rings is 1. The van der Waals surface area contributed by atoms with Gasteiger partial charge in [0.2, 0.25) is 0 Å². The van der Waals surface area contributed by atoms with Gasteiger partial charge < -0.3 is 4.42 Å². The molecule has 2 aromatic rings. The van der Waals surface area contributed by atoms with Crippen LogP contribution in [0.5, 0.6) is 0 Å².